The second-order valence-electron chi connectivity index (χ2n) is 4.17. The van der Waals surface area contributed by atoms with E-state index in [-0.39, 0.29) is 11.5 Å². The molecule has 0 fully saturated rings. The van der Waals surface area contributed by atoms with E-state index in [1.807, 2.05) is 6.92 Å². The van der Waals surface area contributed by atoms with E-state index in [0.717, 1.165) is 31.2 Å². The standard InChI is InChI=1S/C14H17BrO3S/c1-13-7-9-14(10-8-13)19(16,17)18-12-6-4-2-3-5-11-15/h7-10H,2-4,6,12H2,1H3. The third-order valence-electron chi connectivity index (χ3n) is 2.56. The molecule has 0 aliphatic carbocycles. The summed E-state index contributed by atoms with van der Waals surface area (Å²) in [4.78, 5) is 2.86. The van der Waals surface area contributed by atoms with Crippen molar-refractivity contribution in [3.05, 3.63) is 29.8 Å². The first-order valence-corrected chi connectivity index (χ1v) is 8.31. The van der Waals surface area contributed by atoms with Crippen LogP contribution in [-0.4, -0.2) is 15.0 Å². The molecular formula is C14H17BrO3S. The van der Waals surface area contributed by atoms with Crippen molar-refractivity contribution in [1.82, 2.24) is 0 Å². The topological polar surface area (TPSA) is 43.4 Å². The number of aryl methyl sites for hydroxylation is 1. The smallest absolute Gasteiger partial charge is 0.266 e. The number of benzene rings is 1. The molecule has 19 heavy (non-hydrogen) atoms. The van der Waals surface area contributed by atoms with Crippen LogP contribution in [0.5, 0.6) is 0 Å². The quantitative estimate of drug-likeness (QED) is 0.431. The fourth-order valence-corrected chi connectivity index (χ4v) is 2.62. The molecule has 0 atom stereocenters. The lowest BCUT2D eigenvalue weighted by molar-refractivity contribution is 0.307. The highest BCUT2D eigenvalue weighted by Gasteiger charge is 2.13. The Labute approximate surface area is 123 Å². The number of hydrogen-bond donors (Lipinski definition) is 0. The van der Waals surface area contributed by atoms with Gasteiger partial charge in [-0.15, -0.1) is 0 Å². The molecule has 0 aliphatic heterocycles. The summed E-state index contributed by atoms with van der Waals surface area (Å²) in [6.45, 7) is 2.13. The minimum absolute atomic E-state index is 0.211. The van der Waals surface area contributed by atoms with Gasteiger partial charge in [0.15, 0.2) is 0 Å². The van der Waals surface area contributed by atoms with E-state index >= 15 is 0 Å². The van der Waals surface area contributed by atoms with E-state index in [1.54, 1.807) is 24.3 Å². The van der Waals surface area contributed by atoms with Crippen LogP contribution in [-0.2, 0) is 14.3 Å². The lowest BCUT2D eigenvalue weighted by atomic mass is 10.2. The highest BCUT2D eigenvalue weighted by molar-refractivity contribution is 9.12. The van der Waals surface area contributed by atoms with E-state index in [4.69, 9.17) is 4.18 Å². The maximum atomic E-state index is 11.8. The van der Waals surface area contributed by atoms with Crippen molar-refractivity contribution in [2.75, 3.05) is 6.61 Å². The fraction of sp³-hybridized carbons (Fsp3) is 0.429. The molecule has 0 saturated heterocycles. The van der Waals surface area contributed by atoms with E-state index in [1.165, 1.54) is 0 Å². The molecule has 1 aromatic carbocycles. The maximum absolute atomic E-state index is 11.8. The van der Waals surface area contributed by atoms with Crippen molar-refractivity contribution >= 4 is 26.0 Å². The molecule has 0 bridgehead atoms. The first kappa shape index (κ1) is 16.2. The van der Waals surface area contributed by atoms with Gasteiger partial charge in [-0.3, -0.25) is 4.18 Å². The summed E-state index contributed by atoms with van der Waals surface area (Å²) in [7, 11) is -3.61. The van der Waals surface area contributed by atoms with Crippen molar-refractivity contribution in [2.45, 2.75) is 37.5 Å². The van der Waals surface area contributed by atoms with Gasteiger partial charge < -0.3 is 0 Å². The van der Waals surface area contributed by atoms with Gasteiger partial charge in [0.25, 0.3) is 10.1 Å². The highest BCUT2D eigenvalue weighted by Crippen LogP contribution is 2.13. The molecule has 0 saturated carbocycles. The first-order chi connectivity index (χ1) is 9.06. The number of rotatable bonds is 7. The number of halogens is 1. The Morgan fingerprint density at radius 1 is 1.16 bits per heavy atom. The summed E-state index contributed by atoms with van der Waals surface area (Å²) >= 11 is 3.02. The molecule has 1 rings (SSSR count). The van der Waals surface area contributed by atoms with Crippen LogP contribution in [0.15, 0.2) is 29.2 Å². The van der Waals surface area contributed by atoms with Crippen LogP contribution in [0, 0.1) is 17.7 Å². The molecule has 1 aromatic rings. The zero-order chi connectivity index (χ0) is 14.1. The monoisotopic (exact) mass is 344 g/mol. The lowest BCUT2D eigenvalue weighted by Gasteiger charge is -2.05. The summed E-state index contributed by atoms with van der Waals surface area (Å²) in [5.41, 5.74) is 1.02. The first-order valence-electron chi connectivity index (χ1n) is 6.11. The predicted octanol–water partition coefficient (Wildman–Crippen LogP) is 3.62. The molecule has 0 heterocycles. The molecule has 104 valence electrons. The fourth-order valence-electron chi connectivity index (χ4n) is 1.48. The largest absolute Gasteiger partial charge is 0.296 e. The van der Waals surface area contributed by atoms with Gasteiger partial charge in [-0.25, -0.2) is 0 Å². The van der Waals surface area contributed by atoms with Crippen LogP contribution in [0.1, 0.15) is 31.2 Å². The summed E-state index contributed by atoms with van der Waals surface area (Å²) in [5, 5.41) is 0. The van der Waals surface area contributed by atoms with Crippen molar-refractivity contribution in [2.24, 2.45) is 0 Å². The molecule has 0 N–H and O–H groups in total. The second kappa shape index (κ2) is 8.36. The average molecular weight is 345 g/mol. The van der Waals surface area contributed by atoms with Gasteiger partial charge in [0.05, 0.1) is 11.5 Å². The van der Waals surface area contributed by atoms with Gasteiger partial charge in [-0.05, 0) is 36.7 Å². The van der Waals surface area contributed by atoms with Crippen molar-refractivity contribution in [3.63, 3.8) is 0 Å². The molecule has 0 spiro atoms. The Morgan fingerprint density at radius 2 is 1.84 bits per heavy atom. The number of hydrogen-bond acceptors (Lipinski definition) is 3. The second-order valence-corrected chi connectivity index (χ2v) is 6.18. The third-order valence-corrected chi connectivity index (χ3v) is 4.17. The molecule has 0 aliphatic rings. The van der Waals surface area contributed by atoms with Gasteiger partial charge in [-0.1, -0.05) is 30.0 Å². The van der Waals surface area contributed by atoms with E-state index in [9.17, 15) is 8.42 Å². The van der Waals surface area contributed by atoms with Gasteiger partial charge in [-0.2, -0.15) is 8.42 Å². The van der Waals surface area contributed by atoms with Crippen molar-refractivity contribution < 1.29 is 12.6 Å². The molecule has 3 nitrogen and oxygen atoms in total. The Bertz CT molecular complexity index is 538. The zero-order valence-electron chi connectivity index (χ0n) is 10.9. The van der Waals surface area contributed by atoms with Crippen LogP contribution in [0.2, 0.25) is 0 Å². The SMILES string of the molecule is Cc1ccc(S(=O)(=O)OCCCCCC#CBr)cc1. The molecule has 0 unspecified atom stereocenters. The Hall–Kier alpha value is -0.830. The van der Waals surface area contributed by atoms with Crippen LogP contribution in [0.4, 0.5) is 0 Å². The number of unbranched alkanes of at least 4 members (excludes halogenated alkanes) is 3. The highest BCUT2D eigenvalue weighted by atomic mass is 79.9. The Kier molecular flexibility index (Phi) is 7.14. The third kappa shape index (κ3) is 6.24. The maximum Gasteiger partial charge on any atom is 0.296 e. The van der Waals surface area contributed by atoms with Gasteiger partial charge >= 0.3 is 0 Å². The van der Waals surface area contributed by atoms with Crippen LogP contribution < -0.4 is 0 Å². The molecule has 5 heteroatoms. The van der Waals surface area contributed by atoms with Crippen LogP contribution in [0.25, 0.3) is 0 Å². The Balaban J connectivity index is 2.35. The molecular weight excluding hydrogens is 328 g/mol. The molecule has 0 radical (unpaired) electrons. The normalized spacial score (nSPS) is 10.8. The van der Waals surface area contributed by atoms with Gasteiger partial charge in [0.1, 0.15) is 0 Å². The molecule has 0 aromatic heterocycles. The van der Waals surface area contributed by atoms with E-state index in [0.29, 0.717) is 0 Å². The van der Waals surface area contributed by atoms with Gasteiger partial charge in [0.2, 0.25) is 0 Å². The van der Waals surface area contributed by atoms with Gasteiger partial charge in [0, 0.05) is 22.4 Å². The Morgan fingerprint density at radius 3 is 2.47 bits per heavy atom. The minimum Gasteiger partial charge on any atom is -0.266 e. The summed E-state index contributed by atoms with van der Waals surface area (Å²) in [6, 6.07) is 6.65. The van der Waals surface area contributed by atoms with Crippen LogP contribution >= 0.6 is 15.9 Å². The van der Waals surface area contributed by atoms with Crippen LogP contribution in [0.3, 0.4) is 0 Å². The zero-order valence-corrected chi connectivity index (χ0v) is 13.3. The van der Waals surface area contributed by atoms with Crippen molar-refractivity contribution in [3.8, 4) is 10.8 Å². The summed E-state index contributed by atoms with van der Waals surface area (Å²) in [6.07, 6.45) is 3.39. The summed E-state index contributed by atoms with van der Waals surface area (Å²) in [5.74, 6) is 2.89. The molecule has 0 amide bonds. The van der Waals surface area contributed by atoms with E-state index in [2.05, 4.69) is 26.7 Å². The lowest BCUT2D eigenvalue weighted by Crippen LogP contribution is -2.07. The average Bonchev–Trinajstić information content (AvgIpc) is 2.38. The predicted molar refractivity (Wildman–Crippen MR) is 79.5 cm³/mol. The summed E-state index contributed by atoms with van der Waals surface area (Å²) < 4.78 is 28.6. The minimum atomic E-state index is -3.61. The van der Waals surface area contributed by atoms with E-state index < -0.39 is 10.1 Å². The van der Waals surface area contributed by atoms with Crippen molar-refractivity contribution in [1.29, 1.82) is 0 Å².